The minimum atomic E-state index is -3.48. The van der Waals surface area contributed by atoms with Crippen LogP contribution >= 0.6 is 0 Å². The van der Waals surface area contributed by atoms with Gasteiger partial charge in [-0.3, -0.25) is 9.52 Å². The molecule has 0 radical (unpaired) electrons. The lowest BCUT2D eigenvalue weighted by atomic mass is 10.1. The van der Waals surface area contributed by atoms with Gasteiger partial charge in [-0.25, -0.2) is 8.42 Å². The van der Waals surface area contributed by atoms with Crippen LogP contribution in [0.3, 0.4) is 0 Å². The molecule has 1 aromatic rings. The molecule has 0 spiro atoms. The molecule has 17 heavy (non-hydrogen) atoms. The van der Waals surface area contributed by atoms with E-state index in [1.165, 1.54) is 6.92 Å². The second kappa shape index (κ2) is 4.37. The van der Waals surface area contributed by atoms with Crippen molar-refractivity contribution in [3.63, 3.8) is 0 Å². The molecule has 0 unspecified atom stereocenters. The molecular formula is C11H14N2O3S. The Hall–Kier alpha value is -1.56. The molecule has 1 amide bonds. The molecule has 1 atom stereocenters. The van der Waals surface area contributed by atoms with E-state index in [-0.39, 0.29) is 5.75 Å². The number of hydrogen-bond donors (Lipinski definition) is 2. The number of anilines is 1. The lowest BCUT2D eigenvalue weighted by Crippen LogP contribution is -2.42. The van der Waals surface area contributed by atoms with Crippen LogP contribution in [0.2, 0.25) is 0 Å². The minimum Gasteiger partial charge on any atom is -0.373 e. The van der Waals surface area contributed by atoms with Gasteiger partial charge in [-0.2, -0.15) is 0 Å². The Bertz CT molecular complexity index is 514. The first-order valence-corrected chi connectivity index (χ1v) is 7.06. The summed E-state index contributed by atoms with van der Waals surface area (Å²) in [5.74, 6) is -0.596. The predicted octanol–water partition coefficient (Wildman–Crippen LogP) is 0.489. The van der Waals surface area contributed by atoms with E-state index in [0.717, 1.165) is 11.3 Å². The zero-order valence-corrected chi connectivity index (χ0v) is 10.3. The Balaban J connectivity index is 2.06. The summed E-state index contributed by atoms with van der Waals surface area (Å²) in [5.41, 5.74) is 1.92. The molecule has 6 heteroatoms. The summed E-state index contributed by atoms with van der Waals surface area (Å²) in [6, 6.07) is 7.05. The Labute approximate surface area is 100 Å². The van der Waals surface area contributed by atoms with Crippen molar-refractivity contribution in [2.24, 2.45) is 0 Å². The minimum absolute atomic E-state index is 0.0988. The number of benzene rings is 1. The van der Waals surface area contributed by atoms with Gasteiger partial charge in [-0.1, -0.05) is 18.2 Å². The molecule has 1 heterocycles. The normalized spacial score (nSPS) is 18.3. The standard InChI is InChI=1S/C11H14N2O3S/c1-2-17(15,16)13-11(14)10-7-8-5-3-4-6-9(8)12-10/h3-6,10,12H,2,7H2,1H3,(H,13,14)/t10-/m0/s1. The van der Waals surface area contributed by atoms with Crippen molar-refractivity contribution in [1.82, 2.24) is 4.72 Å². The maximum absolute atomic E-state index is 11.7. The molecule has 92 valence electrons. The van der Waals surface area contributed by atoms with Crippen molar-refractivity contribution in [2.45, 2.75) is 19.4 Å². The van der Waals surface area contributed by atoms with Gasteiger partial charge in [0.25, 0.3) is 5.91 Å². The van der Waals surface area contributed by atoms with E-state index >= 15 is 0 Å². The average Bonchev–Trinajstić information content (AvgIpc) is 2.72. The lowest BCUT2D eigenvalue weighted by molar-refractivity contribution is -0.119. The Kier molecular flexibility index (Phi) is 3.06. The third-order valence-electron chi connectivity index (χ3n) is 2.72. The van der Waals surface area contributed by atoms with Crippen molar-refractivity contribution in [3.8, 4) is 0 Å². The summed E-state index contributed by atoms with van der Waals surface area (Å²) >= 11 is 0. The quantitative estimate of drug-likeness (QED) is 0.823. The van der Waals surface area contributed by atoms with Crippen LogP contribution in [0.25, 0.3) is 0 Å². The van der Waals surface area contributed by atoms with Gasteiger partial charge in [-0.15, -0.1) is 0 Å². The molecule has 5 nitrogen and oxygen atoms in total. The van der Waals surface area contributed by atoms with Crippen LogP contribution in [-0.2, 0) is 21.2 Å². The van der Waals surface area contributed by atoms with Gasteiger partial charge >= 0.3 is 0 Å². The third kappa shape index (κ3) is 2.58. The molecule has 1 aliphatic rings. The van der Waals surface area contributed by atoms with Gasteiger partial charge in [0.1, 0.15) is 6.04 Å². The van der Waals surface area contributed by atoms with Gasteiger partial charge in [0, 0.05) is 12.1 Å². The van der Waals surface area contributed by atoms with E-state index in [2.05, 4.69) is 10.0 Å². The summed E-state index contributed by atoms with van der Waals surface area (Å²) < 4.78 is 24.6. The van der Waals surface area contributed by atoms with Gasteiger partial charge in [0.05, 0.1) is 5.75 Å². The molecule has 2 N–H and O–H groups in total. The van der Waals surface area contributed by atoms with Crippen molar-refractivity contribution in [1.29, 1.82) is 0 Å². The van der Waals surface area contributed by atoms with E-state index < -0.39 is 22.0 Å². The number of nitrogens with one attached hydrogen (secondary N) is 2. The predicted molar refractivity (Wildman–Crippen MR) is 65.2 cm³/mol. The number of carbonyl (C=O) groups excluding carboxylic acids is 1. The summed E-state index contributed by atoms with van der Waals surface area (Å²) in [6.07, 6.45) is 0.515. The highest BCUT2D eigenvalue weighted by molar-refractivity contribution is 7.90. The SMILES string of the molecule is CCS(=O)(=O)NC(=O)[C@@H]1Cc2ccccc2N1. The maximum Gasteiger partial charge on any atom is 0.256 e. The highest BCUT2D eigenvalue weighted by Gasteiger charge is 2.28. The summed E-state index contributed by atoms with van der Waals surface area (Å²) in [4.78, 5) is 11.7. The number of para-hydroxylation sites is 1. The average molecular weight is 254 g/mol. The molecule has 0 aliphatic carbocycles. The Morgan fingerprint density at radius 1 is 1.47 bits per heavy atom. The summed E-state index contributed by atoms with van der Waals surface area (Å²) in [7, 11) is -3.48. The van der Waals surface area contributed by atoms with Crippen LogP contribution in [0.1, 0.15) is 12.5 Å². The molecule has 0 bridgehead atoms. The number of carbonyl (C=O) groups is 1. The number of hydrogen-bond acceptors (Lipinski definition) is 4. The molecule has 0 aromatic heterocycles. The summed E-state index contributed by atoms with van der Waals surface area (Å²) in [6.45, 7) is 1.49. The highest BCUT2D eigenvalue weighted by Crippen LogP contribution is 2.25. The first-order valence-electron chi connectivity index (χ1n) is 5.40. The van der Waals surface area contributed by atoms with Crippen LogP contribution in [0.4, 0.5) is 5.69 Å². The molecule has 2 rings (SSSR count). The fraction of sp³-hybridized carbons (Fsp3) is 0.364. The number of sulfonamides is 1. The van der Waals surface area contributed by atoms with E-state index in [1.807, 2.05) is 24.3 Å². The molecular weight excluding hydrogens is 240 g/mol. The lowest BCUT2D eigenvalue weighted by Gasteiger charge is -2.11. The fourth-order valence-electron chi connectivity index (χ4n) is 1.75. The first kappa shape index (κ1) is 11.9. The molecule has 0 saturated carbocycles. The van der Waals surface area contributed by atoms with Crippen molar-refractivity contribution >= 4 is 21.6 Å². The smallest absolute Gasteiger partial charge is 0.256 e. The van der Waals surface area contributed by atoms with Crippen molar-refractivity contribution in [2.75, 3.05) is 11.1 Å². The van der Waals surface area contributed by atoms with Crippen LogP contribution in [0, 0.1) is 0 Å². The third-order valence-corrected chi connectivity index (χ3v) is 4.00. The van der Waals surface area contributed by atoms with E-state index in [9.17, 15) is 13.2 Å². The molecule has 0 saturated heterocycles. The van der Waals surface area contributed by atoms with Gasteiger partial charge < -0.3 is 5.32 Å². The van der Waals surface area contributed by atoms with Crippen LogP contribution in [0.15, 0.2) is 24.3 Å². The largest absolute Gasteiger partial charge is 0.373 e. The van der Waals surface area contributed by atoms with Gasteiger partial charge in [-0.05, 0) is 18.6 Å². The van der Waals surface area contributed by atoms with Crippen LogP contribution in [-0.4, -0.2) is 26.1 Å². The monoisotopic (exact) mass is 254 g/mol. The maximum atomic E-state index is 11.7. The zero-order chi connectivity index (χ0) is 12.5. The number of rotatable bonds is 3. The van der Waals surface area contributed by atoms with E-state index in [0.29, 0.717) is 6.42 Å². The highest BCUT2D eigenvalue weighted by atomic mass is 32.2. The molecule has 1 aliphatic heterocycles. The topological polar surface area (TPSA) is 75.3 Å². The number of amides is 1. The summed E-state index contributed by atoms with van der Waals surface area (Å²) in [5, 5.41) is 3.00. The first-order chi connectivity index (χ1) is 8.02. The zero-order valence-electron chi connectivity index (χ0n) is 9.43. The molecule has 0 fully saturated rings. The van der Waals surface area contributed by atoms with Gasteiger partial charge in [0.2, 0.25) is 10.0 Å². The van der Waals surface area contributed by atoms with Crippen molar-refractivity contribution in [3.05, 3.63) is 29.8 Å². The Morgan fingerprint density at radius 3 is 2.82 bits per heavy atom. The molecule has 1 aromatic carbocycles. The second-order valence-electron chi connectivity index (χ2n) is 3.93. The van der Waals surface area contributed by atoms with Gasteiger partial charge in [0.15, 0.2) is 0 Å². The Morgan fingerprint density at radius 2 is 2.18 bits per heavy atom. The van der Waals surface area contributed by atoms with E-state index in [1.54, 1.807) is 0 Å². The second-order valence-corrected chi connectivity index (χ2v) is 5.94. The fourth-order valence-corrected chi connectivity index (χ4v) is 2.35. The number of fused-ring (bicyclic) bond motifs is 1. The van der Waals surface area contributed by atoms with E-state index in [4.69, 9.17) is 0 Å². The van der Waals surface area contributed by atoms with Crippen molar-refractivity contribution < 1.29 is 13.2 Å². The van der Waals surface area contributed by atoms with Crippen LogP contribution < -0.4 is 10.0 Å². The van der Waals surface area contributed by atoms with Crippen LogP contribution in [0.5, 0.6) is 0 Å².